The highest BCUT2D eigenvalue weighted by atomic mass is 16.2. The molecule has 1 heterocycles. The zero-order valence-corrected chi connectivity index (χ0v) is 13.9. The van der Waals surface area contributed by atoms with E-state index >= 15 is 0 Å². The van der Waals surface area contributed by atoms with E-state index in [1.807, 2.05) is 20.8 Å². The molecule has 0 unspecified atom stereocenters. The van der Waals surface area contributed by atoms with Gasteiger partial charge in [-0.1, -0.05) is 0 Å². The Morgan fingerprint density at radius 2 is 1.83 bits per heavy atom. The number of guanidine groups is 1. The second-order valence-corrected chi connectivity index (χ2v) is 5.87. The summed E-state index contributed by atoms with van der Waals surface area (Å²) in [7, 11) is 1.57. The zero-order chi connectivity index (χ0) is 17.3. The Morgan fingerprint density at radius 1 is 1.17 bits per heavy atom. The molecule has 0 fully saturated rings. The fourth-order valence-corrected chi connectivity index (χ4v) is 1.65. The molecule has 1 aromatic rings. The number of rotatable bonds is 5. The Labute approximate surface area is 136 Å². The lowest BCUT2D eigenvalue weighted by molar-refractivity contribution is -0.121. The summed E-state index contributed by atoms with van der Waals surface area (Å²) in [6, 6.07) is 3.48. The number of anilines is 1. The van der Waals surface area contributed by atoms with Crippen LogP contribution in [0, 0.1) is 0 Å². The van der Waals surface area contributed by atoms with E-state index in [0.717, 1.165) is 0 Å². The number of aliphatic imine (C=N–C) groups is 1. The number of hydrogen-bond donors (Lipinski definition) is 4. The maximum Gasteiger partial charge on any atom is 0.243 e. The van der Waals surface area contributed by atoms with Crippen LogP contribution in [0.15, 0.2) is 29.5 Å². The van der Waals surface area contributed by atoms with Crippen molar-refractivity contribution in [3.63, 3.8) is 0 Å². The van der Waals surface area contributed by atoms with Gasteiger partial charge < -0.3 is 21.3 Å². The summed E-state index contributed by atoms with van der Waals surface area (Å²) in [6.07, 6.45) is 3.18. The van der Waals surface area contributed by atoms with Crippen LogP contribution in [0.3, 0.4) is 0 Å². The van der Waals surface area contributed by atoms with Crippen molar-refractivity contribution in [3.8, 4) is 0 Å². The minimum absolute atomic E-state index is 0.0233. The molecule has 0 radical (unpaired) electrons. The van der Waals surface area contributed by atoms with Crippen LogP contribution in [-0.4, -0.2) is 48.4 Å². The molecule has 0 spiro atoms. The Bertz CT molecular complexity index is 551. The first-order valence-corrected chi connectivity index (χ1v) is 7.25. The van der Waals surface area contributed by atoms with E-state index in [1.54, 1.807) is 31.6 Å². The molecule has 23 heavy (non-hydrogen) atoms. The van der Waals surface area contributed by atoms with Gasteiger partial charge in [-0.05, 0) is 32.9 Å². The van der Waals surface area contributed by atoms with Gasteiger partial charge in [0.1, 0.15) is 0 Å². The van der Waals surface area contributed by atoms with Crippen molar-refractivity contribution < 1.29 is 9.59 Å². The van der Waals surface area contributed by atoms with Crippen molar-refractivity contribution in [3.05, 3.63) is 24.5 Å². The van der Waals surface area contributed by atoms with Gasteiger partial charge in [0.2, 0.25) is 11.8 Å². The van der Waals surface area contributed by atoms with Gasteiger partial charge in [-0.25, -0.2) is 0 Å². The van der Waals surface area contributed by atoms with Gasteiger partial charge in [0, 0.05) is 18.8 Å². The highest BCUT2D eigenvalue weighted by Gasteiger charge is 2.13. The second kappa shape index (κ2) is 8.72. The SMILES string of the molecule is CN=C(NCC(=O)Nc1cccnc1)NCC(=O)NC(C)(C)C. The molecule has 0 aliphatic carbocycles. The van der Waals surface area contributed by atoms with E-state index < -0.39 is 0 Å². The molecule has 0 bridgehead atoms. The van der Waals surface area contributed by atoms with Crippen LogP contribution >= 0.6 is 0 Å². The summed E-state index contributed by atoms with van der Waals surface area (Å²) in [5, 5.41) is 11.2. The van der Waals surface area contributed by atoms with E-state index in [2.05, 4.69) is 31.2 Å². The van der Waals surface area contributed by atoms with Crippen LogP contribution < -0.4 is 21.3 Å². The van der Waals surface area contributed by atoms with Gasteiger partial charge in [0.15, 0.2) is 5.96 Å². The summed E-state index contributed by atoms with van der Waals surface area (Å²) >= 11 is 0. The number of nitrogens with zero attached hydrogens (tertiary/aromatic N) is 2. The first-order chi connectivity index (χ1) is 10.8. The fourth-order valence-electron chi connectivity index (χ4n) is 1.65. The topological polar surface area (TPSA) is 108 Å². The van der Waals surface area contributed by atoms with E-state index in [0.29, 0.717) is 11.6 Å². The van der Waals surface area contributed by atoms with Gasteiger partial charge >= 0.3 is 0 Å². The number of carbonyl (C=O) groups excluding carboxylic acids is 2. The average molecular weight is 320 g/mol. The molecular formula is C15H24N6O2. The van der Waals surface area contributed by atoms with Crippen molar-refractivity contribution in [2.24, 2.45) is 4.99 Å². The standard InChI is InChI=1S/C15H24N6O2/c1-15(2,3)21-13(23)10-19-14(16-4)18-9-12(22)20-11-6-5-7-17-8-11/h5-8H,9-10H2,1-4H3,(H,20,22)(H,21,23)(H2,16,18,19). The number of hydrogen-bond acceptors (Lipinski definition) is 4. The minimum Gasteiger partial charge on any atom is -0.350 e. The molecule has 4 N–H and O–H groups in total. The lowest BCUT2D eigenvalue weighted by atomic mass is 10.1. The monoisotopic (exact) mass is 320 g/mol. The summed E-state index contributed by atoms with van der Waals surface area (Å²) in [4.78, 5) is 31.4. The van der Waals surface area contributed by atoms with Crippen molar-refractivity contribution in [1.29, 1.82) is 0 Å². The van der Waals surface area contributed by atoms with E-state index in [4.69, 9.17) is 0 Å². The number of aromatic nitrogens is 1. The van der Waals surface area contributed by atoms with Crippen LogP contribution in [-0.2, 0) is 9.59 Å². The average Bonchev–Trinajstić information content (AvgIpc) is 2.46. The van der Waals surface area contributed by atoms with Gasteiger partial charge in [-0.2, -0.15) is 0 Å². The van der Waals surface area contributed by atoms with Crippen molar-refractivity contribution in [2.75, 3.05) is 25.5 Å². The molecule has 1 rings (SSSR count). The van der Waals surface area contributed by atoms with Crippen LogP contribution in [0.2, 0.25) is 0 Å². The second-order valence-electron chi connectivity index (χ2n) is 5.87. The predicted molar refractivity (Wildman–Crippen MR) is 90.1 cm³/mol. The maximum absolute atomic E-state index is 11.8. The lowest BCUT2D eigenvalue weighted by Gasteiger charge is -2.21. The maximum atomic E-state index is 11.8. The summed E-state index contributed by atoms with van der Waals surface area (Å²) in [5.41, 5.74) is 0.325. The van der Waals surface area contributed by atoms with Crippen LogP contribution in [0.5, 0.6) is 0 Å². The number of nitrogens with one attached hydrogen (secondary N) is 4. The summed E-state index contributed by atoms with van der Waals surface area (Å²) in [6.45, 7) is 5.80. The van der Waals surface area contributed by atoms with Gasteiger partial charge in [0.05, 0.1) is 25.0 Å². The molecule has 0 saturated heterocycles. The van der Waals surface area contributed by atoms with Gasteiger partial charge in [-0.15, -0.1) is 0 Å². The van der Waals surface area contributed by atoms with Gasteiger partial charge in [-0.3, -0.25) is 19.6 Å². The predicted octanol–water partition coefficient (Wildman–Crippen LogP) is 0.0998. The zero-order valence-electron chi connectivity index (χ0n) is 13.9. The molecule has 0 aromatic carbocycles. The lowest BCUT2D eigenvalue weighted by Crippen LogP contribution is -2.49. The first kappa shape index (κ1) is 18.4. The van der Waals surface area contributed by atoms with Crippen molar-refractivity contribution in [2.45, 2.75) is 26.3 Å². The largest absolute Gasteiger partial charge is 0.350 e. The van der Waals surface area contributed by atoms with E-state index in [9.17, 15) is 9.59 Å². The Morgan fingerprint density at radius 3 is 2.35 bits per heavy atom. The highest BCUT2D eigenvalue weighted by molar-refractivity contribution is 5.95. The Hall–Kier alpha value is -2.64. The smallest absolute Gasteiger partial charge is 0.243 e. The third-order valence-electron chi connectivity index (χ3n) is 2.52. The van der Waals surface area contributed by atoms with Crippen LogP contribution in [0.1, 0.15) is 20.8 Å². The van der Waals surface area contributed by atoms with Crippen molar-refractivity contribution >= 4 is 23.5 Å². The first-order valence-electron chi connectivity index (χ1n) is 7.25. The molecular weight excluding hydrogens is 296 g/mol. The quantitative estimate of drug-likeness (QED) is 0.455. The number of amides is 2. The van der Waals surface area contributed by atoms with Crippen LogP contribution in [0.4, 0.5) is 5.69 Å². The summed E-state index contributed by atoms with van der Waals surface area (Å²) < 4.78 is 0. The van der Waals surface area contributed by atoms with Crippen LogP contribution in [0.25, 0.3) is 0 Å². The Balaban J connectivity index is 2.34. The van der Waals surface area contributed by atoms with E-state index in [-0.39, 0.29) is 30.4 Å². The molecule has 126 valence electrons. The molecule has 0 atom stereocenters. The number of pyridine rings is 1. The fraction of sp³-hybridized carbons (Fsp3) is 0.467. The molecule has 8 nitrogen and oxygen atoms in total. The third-order valence-corrected chi connectivity index (χ3v) is 2.52. The molecule has 1 aromatic heterocycles. The molecule has 0 saturated carbocycles. The summed E-state index contributed by atoms with van der Waals surface area (Å²) in [5.74, 6) is -0.0178. The van der Waals surface area contributed by atoms with Crippen molar-refractivity contribution in [1.82, 2.24) is 20.9 Å². The normalized spacial score (nSPS) is 11.6. The third kappa shape index (κ3) is 8.40. The number of carbonyl (C=O) groups is 2. The van der Waals surface area contributed by atoms with E-state index in [1.165, 1.54) is 0 Å². The molecule has 0 aliphatic rings. The minimum atomic E-state index is -0.292. The molecule has 0 aliphatic heterocycles. The highest BCUT2D eigenvalue weighted by Crippen LogP contribution is 2.01. The molecule has 2 amide bonds. The van der Waals surface area contributed by atoms with Gasteiger partial charge in [0.25, 0.3) is 0 Å². The Kier molecular flexibility index (Phi) is 6.98. The molecule has 8 heteroatoms.